The molecule has 0 atom stereocenters. The van der Waals surface area contributed by atoms with E-state index < -0.39 is 0 Å². The van der Waals surface area contributed by atoms with Gasteiger partial charge < -0.3 is 20.3 Å². The predicted octanol–water partition coefficient (Wildman–Crippen LogP) is 1.84. The third kappa shape index (κ3) is 5.21. The number of benzene rings is 1. The van der Waals surface area contributed by atoms with Gasteiger partial charge >= 0.3 is 0 Å². The van der Waals surface area contributed by atoms with Gasteiger partial charge in [-0.25, -0.2) is 0 Å². The minimum absolute atomic E-state index is 0.112. The van der Waals surface area contributed by atoms with Crippen LogP contribution in [0.25, 0.3) is 0 Å². The first kappa shape index (κ1) is 20.1. The zero-order chi connectivity index (χ0) is 19.3. The molecule has 6 nitrogen and oxygen atoms in total. The fourth-order valence-corrected chi connectivity index (χ4v) is 3.95. The zero-order valence-electron chi connectivity index (χ0n) is 15.7. The molecule has 0 saturated carbocycles. The molecule has 148 valence electrons. The number of rotatable bonds is 5. The van der Waals surface area contributed by atoms with E-state index in [0.717, 1.165) is 24.8 Å². The van der Waals surface area contributed by atoms with Crippen LogP contribution in [0.5, 0.6) is 0 Å². The molecule has 1 aromatic carbocycles. The highest BCUT2D eigenvalue weighted by Crippen LogP contribution is 2.30. The Hall–Kier alpha value is -1.63. The molecule has 3 rings (SSSR count). The van der Waals surface area contributed by atoms with E-state index >= 15 is 0 Å². The number of ether oxygens (including phenoxy) is 1. The summed E-state index contributed by atoms with van der Waals surface area (Å²) in [5, 5.41) is 0.671. The van der Waals surface area contributed by atoms with Gasteiger partial charge in [0.15, 0.2) is 0 Å². The summed E-state index contributed by atoms with van der Waals surface area (Å²) in [7, 11) is 0. The number of nitrogens with two attached hydrogens (primary N) is 1. The van der Waals surface area contributed by atoms with Gasteiger partial charge in [-0.05, 0) is 43.5 Å². The smallest absolute Gasteiger partial charge is 0.227 e. The average Bonchev–Trinajstić information content (AvgIpc) is 2.68. The Bertz CT molecular complexity index is 657. The average molecular weight is 394 g/mol. The van der Waals surface area contributed by atoms with Crippen molar-refractivity contribution in [3.63, 3.8) is 0 Å². The van der Waals surface area contributed by atoms with Crippen LogP contribution in [0.4, 0.5) is 0 Å². The second-order valence-corrected chi connectivity index (χ2v) is 7.86. The molecule has 1 spiro atoms. The van der Waals surface area contributed by atoms with Crippen molar-refractivity contribution in [2.45, 2.75) is 37.7 Å². The van der Waals surface area contributed by atoms with E-state index in [1.54, 1.807) is 0 Å². The molecule has 2 saturated heterocycles. The molecule has 2 heterocycles. The number of carbonyl (C=O) groups excluding carboxylic acids is 2. The number of hydrogen-bond donors (Lipinski definition) is 1. The van der Waals surface area contributed by atoms with Gasteiger partial charge in [0.25, 0.3) is 0 Å². The summed E-state index contributed by atoms with van der Waals surface area (Å²) in [6.45, 7) is 3.67. The third-order valence-electron chi connectivity index (χ3n) is 5.49. The van der Waals surface area contributed by atoms with E-state index in [1.165, 1.54) is 0 Å². The minimum atomic E-state index is -0.321. The van der Waals surface area contributed by atoms with E-state index in [2.05, 4.69) is 0 Å². The summed E-state index contributed by atoms with van der Waals surface area (Å²) < 4.78 is 6.09. The van der Waals surface area contributed by atoms with Gasteiger partial charge in [-0.2, -0.15) is 0 Å². The Morgan fingerprint density at radius 1 is 1.07 bits per heavy atom. The molecular weight excluding hydrogens is 366 g/mol. The van der Waals surface area contributed by atoms with E-state index in [4.69, 9.17) is 22.1 Å². The van der Waals surface area contributed by atoms with Crippen molar-refractivity contribution in [1.29, 1.82) is 0 Å². The summed E-state index contributed by atoms with van der Waals surface area (Å²) in [5.74, 6) is 0.281. The molecule has 0 radical (unpaired) electrons. The van der Waals surface area contributed by atoms with Gasteiger partial charge in [-0.1, -0.05) is 23.7 Å². The van der Waals surface area contributed by atoms with Crippen molar-refractivity contribution < 1.29 is 14.3 Å². The van der Waals surface area contributed by atoms with Crippen molar-refractivity contribution in [2.75, 3.05) is 39.3 Å². The molecule has 1 aromatic rings. The zero-order valence-corrected chi connectivity index (χ0v) is 16.4. The van der Waals surface area contributed by atoms with Crippen LogP contribution < -0.4 is 5.73 Å². The van der Waals surface area contributed by atoms with Crippen LogP contribution in [0.3, 0.4) is 0 Å². The minimum Gasteiger partial charge on any atom is -0.371 e. The molecule has 0 aromatic heterocycles. The standard InChI is InChI=1S/C20H28ClN3O3/c21-17-5-3-16(4-6-17)14-19(26)24-12-13-27-20(15-24)7-10-23(11-8-20)18(25)2-1-9-22/h3-6H,1-2,7-15,22H2. The van der Waals surface area contributed by atoms with Crippen LogP contribution in [0.15, 0.2) is 24.3 Å². The lowest BCUT2D eigenvalue weighted by Crippen LogP contribution is -2.58. The first-order valence-corrected chi connectivity index (χ1v) is 10.0. The van der Waals surface area contributed by atoms with E-state index in [9.17, 15) is 9.59 Å². The van der Waals surface area contributed by atoms with Crippen LogP contribution in [0, 0.1) is 0 Å². The van der Waals surface area contributed by atoms with Crippen molar-refractivity contribution >= 4 is 23.4 Å². The third-order valence-corrected chi connectivity index (χ3v) is 5.74. The quantitative estimate of drug-likeness (QED) is 0.828. The lowest BCUT2D eigenvalue weighted by molar-refractivity contribution is -0.162. The predicted molar refractivity (Wildman–Crippen MR) is 105 cm³/mol. The number of piperidine rings is 1. The van der Waals surface area contributed by atoms with Crippen LogP contribution in [0.1, 0.15) is 31.2 Å². The molecule has 2 fully saturated rings. The number of nitrogens with zero attached hydrogens (tertiary/aromatic N) is 2. The molecular formula is C20H28ClN3O3. The second kappa shape index (κ2) is 9.04. The fourth-order valence-electron chi connectivity index (χ4n) is 3.82. The molecule has 7 heteroatoms. The van der Waals surface area contributed by atoms with Gasteiger partial charge in [0.05, 0.1) is 18.6 Å². The second-order valence-electron chi connectivity index (χ2n) is 7.42. The van der Waals surface area contributed by atoms with Gasteiger partial charge in [0, 0.05) is 37.6 Å². The Labute approximate surface area is 165 Å². The number of likely N-dealkylation sites (tertiary alicyclic amines) is 1. The molecule has 2 amide bonds. The normalized spacial score (nSPS) is 19.3. The Balaban J connectivity index is 1.54. The summed E-state index contributed by atoms with van der Waals surface area (Å²) in [6, 6.07) is 7.40. The summed E-state index contributed by atoms with van der Waals surface area (Å²) in [4.78, 5) is 28.7. The fraction of sp³-hybridized carbons (Fsp3) is 0.600. The van der Waals surface area contributed by atoms with E-state index in [1.807, 2.05) is 34.1 Å². The van der Waals surface area contributed by atoms with Gasteiger partial charge in [0.2, 0.25) is 11.8 Å². The van der Waals surface area contributed by atoms with E-state index in [0.29, 0.717) is 57.2 Å². The number of hydrogen-bond acceptors (Lipinski definition) is 4. The molecule has 0 aliphatic carbocycles. The first-order chi connectivity index (χ1) is 13.0. The highest BCUT2D eigenvalue weighted by atomic mass is 35.5. The lowest BCUT2D eigenvalue weighted by atomic mass is 9.89. The Kier molecular flexibility index (Phi) is 6.73. The number of morpholine rings is 1. The Morgan fingerprint density at radius 2 is 1.78 bits per heavy atom. The van der Waals surface area contributed by atoms with Crippen LogP contribution in [0.2, 0.25) is 5.02 Å². The topological polar surface area (TPSA) is 75.9 Å². The van der Waals surface area contributed by atoms with Crippen molar-refractivity contribution in [3.8, 4) is 0 Å². The number of halogens is 1. The summed E-state index contributed by atoms with van der Waals surface area (Å²) >= 11 is 5.91. The monoisotopic (exact) mass is 393 g/mol. The molecule has 0 unspecified atom stereocenters. The van der Waals surface area contributed by atoms with Gasteiger partial charge in [-0.3, -0.25) is 9.59 Å². The molecule has 2 aliphatic rings. The van der Waals surface area contributed by atoms with Crippen LogP contribution in [-0.4, -0.2) is 66.5 Å². The van der Waals surface area contributed by atoms with Gasteiger partial charge in [-0.15, -0.1) is 0 Å². The first-order valence-electron chi connectivity index (χ1n) is 9.65. The summed E-state index contributed by atoms with van der Waals surface area (Å²) in [6.07, 6.45) is 3.15. The maximum absolute atomic E-state index is 12.7. The van der Waals surface area contributed by atoms with Crippen molar-refractivity contribution in [1.82, 2.24) is 9.80 Å². The summed E-state index contributed by atoms with van der Waals surface area (Å²) in [5.41, 5.74) is 6.13. The largest absolute Gasteiger partial charge is 0.371 e. The lowest BCUT2D eigenvalue weighted by Gasteiger charge is -2.47. The van der Waals surface area contributed by atoms with Crippen molar-refractivity contribution in [2.24, 2.45) is 5.73 Å². The highest BCUT2D eigenvalue weighted by molar-refractivity contribution is 6.30. The Morgan fingerprint density at radius 3 is 2.44 bits per heavy atom. The van der Waals surface area contributed by atoms with Crippen LogP contribution >= 0.6 is 11.6 Å². The maximum Gasteiger partial charge on any atom is 0.227 e. The van der Waals surface area contributed by atoms with Gasteiger partial charge in [0.1, 0.15) is 0 Å². The molecule has 0 bridgehead atoms. The molecule has 27 heavy (non-hydrogen) atoms. The maximum atomic E-state index is 12.7. The number of carbonyl (C=O) groups is 2. The SMILES string of the molecule is NCCCC(=O)N1CCC2(CC1)CN(C(=O)Cc1ccc(Cl)cc1)CCO2. The number of amides is 2. The van der Waals surface area contributed by atoms with Crippen LogP contribution in [-0.2, 0) is 20.7 Å². The molecule has 2 N–H and O–H groups in total. The highest BCUT2D eigenvalue weighted by Gasteiger charge is 2.41. The molecule has 2 aliphatic heterocycles. The van der Waals surface area contributed by atoms with E-state index in [-0.39, 0.29) is 17.4 Å². The van der Waals surface area contributed by atoms with Crippen molar-refractivity contribution in [3.05, 3.63) is 34.9 Å².